The number of hydrogen-bond donors (Lipinski definition) is 4. The molecule has 0 spiro atoms. The van der Waals surface area contributed by atoms with E-state index in [9.17, 15) is 19.8 Å². The van der Waals surface area contributed by atoms with Crippen LogP contribution in [0.2, 0.25) is 0 Å². The van der Waals surface area contributed by atoms with Crippen molar-refractivity contribution in [1.29, 1.82) is 0 Å². The van der Waals surface area contributed by atoms with Gasteiger partial charge in [0.25, 0.3) is 0 Å². The van der Waals surface area contributed by atoms with Crippen LogP contribution in [0.4, 0.5) is 0 Å². The van der Waals surface area contributed by atoms with Gasteiger partial charge >= 0.3 is 11.9 Å². The number of carboxylic acid groups (broad SMARTS) is 2. The normalized spacial score (nSPS) is 14.2. The second-order valence-electron chi connectivity index (χ2n) is 10.2. The molecule has 8 heteroatoms. The summed E-state index contributed by atoms with van der Waals surface area (Å²) in [5, 5.41) is 20.5. The van der Waals surface area contributed by atoms with E-state index in [-0.39, 0.29) is 31.9 Å². The lowest BCUT2D eigenvalue weighted by molar-refractivity contribution is -0.229. The van der Waals surface area contributed by atoms with Crippen molar-refractivity contribution in [2.24, 2.45) is 0 Å². The van der Waals surface area contributed by atoms with Crippen LogP contribution in [0.3, 0.4) is 0 Å². The second-order valence-corrected chi connectivity index (χ2v) is 10.2. The lowest BCUT2D eigenvalue weighted by Crippen LogP contribution is -2.65. The van der Waals surface area contributed by atoms with Crippen LogP contribution < -0.4 is 12.3 Å². The number of aliphatic carboxylic acids is 2. The Bertz CT molecular complexity index is 548. The summed E-state index contributed by atoms with van der Waals surface area (Å²) in [5.41, 5.74) is -3.83. The smallest absolute Gasteiger partial charge is 0.339 e. The van der Waals surface area contributed by atoms with Gasteiger partial charge < -0.3 is 32.0 Å². The van der Waals surface area contributed by atoms with E-state index in [0.29, 0.717) is 6.42 Å². The van der Waals surface area contributed by atoms with Crippen molar-refractivity contribution in [3.8, 4) is 0 Å². The van der Waals surface area contributed by atoms with Crippen LogP contribution in [0.5, 0.6) is 0 Å². The summed E-state index contributed by atoms with van der Waals surface area (Å²) in [4.78, 5) is 25.2. The number of rotatable bonds is 26. The maximum atomic E-state index is 12.7. The van der Waals surface area contributed by atoms with Crippen LogP contribution in [-0.2, 0) is 19.1 Å². The molecule has 0 rings (SSSR count). The van der Waals surface area contributed by atoms with Gasteiger partial charge in [-0.25, -0.2) is 9.59 Å². The Balaban J connectivity index is -0.00000578. The molecule has 0 fully saturated rings. The van der Waals surface area contributed by atoms with E-state index < -0.39 is 23.1 Å². The fourth-order valence-corrected chi connectivity index (χ4v) is 4.61. The molecule has 2 unspecified atom stereocenters. The van der Waals surface area contributed by atoms with Gasteiger partial charge in [-0.05, 0) is 32.6 Å². The second kappa shape index (κ2) is 25.1. The Morgan fingerprint density at radius 2 is 0.892 bits per heavy atom. The summed E-state index contributed by atoms with van der Waals surface area (Å²) in [6.45, 7) is 8.36. The molecule has 224 valence electrons. The van der Waals surface area contributed by atoms with E-state index in [1.165, 1.54) is 32.6 Å². The van der Waals surface area contributed by atoms with E-state index in [1.807, 2.05) is 0 Å². The molecule has 0 aromatic heterocycles. The number of unbranched alkanes of at least 4 members (excludes halogenated alkanes) is 15. The summed E-state index contributed by atoms with van der Waals surface area (Å²) in [5.74, 6) is -2.50. The number of carbonyl (C=O) groups is 2. The highest BCUT2D eigenvalue weighted by Gasteiger charge is 2.61. The van der Waals surface area contributed by atoms with Gasteiger partial charge in [0.15, 0.2) is 0 Å². The van der Waals surface area contributed by atoms with Gasteiger partial charge in [0, 0.05) is 13.2 Å². The third kappa shape index (κ3) is 15.7. The highest BCUT2D eigenvalue weighted by molar-refractivity contribution is 5.91. The minimum atomic E-state index is -1.94. The minimum absolute atomic E-state index is 0. The van der Waals surface area contributed by atoms with Gasteiger partial charge in [0.2, 0.25) is 11.2 Å². The predicted molar refractivity (Wildman–Crippen MR) is 153 cm³/mol. The van der Waals surface area contributed by atoms with Crippen molar-refractivity contribution < 1.29 is 29.3 Å². The summed E-state index contributed by atoms with van der Waals surface area (Å²) in [6.07, 6.45) is 18.6. The average molecular weight is 535 g/mol. The molecule has 0 aliphatic carbocycles. The molecule has 0 radical (unpaired) electrons. The molecule has 8 nitrogen and oxygen atoms in total. The summed E-state index contributed by atoms with van der Waals surface area (Å²) in [6, 6.07) is 0. The van der Waals surface area contributed by atoms with Crippen LogP contribution in [0, 0.1) is 0 Å². The number of carboxylic acids is 2. The van der Waals surface area contributed by atoms with Gasteiger partial charge in [-0.3, -0.25) is 0 Å². The monoisotopic (exact) mass is 534 g/mol. The lowest BCUT2D eigenvalue weighted by atomic mass is 9.79. The minimum Gasteiger partial charge on any atom is -0.479 e. The zero-order valence-corrected chi connectivity index (χ0v) is 24.8. The maximum Gasteiger partial charge on any atom is 0.339 e. The summed E-state index contributed by atoms with van der Waals surface area (Å²) in [7, 11) is 0. The van der Waals surface area contributed by atoms with E-state index >= 15 is 0 Å². The molecule has 0 amide bonds. The third-order valence-electron chi connectivity index (χ3n) is 7.14. The van der Waals surface area contributed by atoms with Gasteiger partial charge in [0.1, 0.15) is 0 Å². The molecule has 0 aliphatic rings. The first-order valence-corrected chi connectivity index (χ1v) is 14.6. The molecule has 0 heterocycles. The van der Waals surface area contributed by atoms with Crippen LogP contribution in [0.1, 0.15) is 150 Å². The van der Waals surface area contributed by atoms with Crippen molar-refractivity contribution in [2.75, 3.05) is 13.2 Å². The van der Waals surface area contributed by atoms with E-state index in [1.54, 1.807) is 0 Å². The molecule has 37 heavy (non-hydrogen) atoms. The first-order valence-electron chi connectivity index (χ1n) is 14.6. The first kappa shape index (κ1) is 40.3. The molecule has 8 N–H and O–H groups in total. The third-order valence-corrected chi connectivity index (χ3v) is 7.14. The molecular formula is C29H62N2O6. The standard InChI is InChI=1S/C29H56O6.2H3N/c1-5-8-11-14-17-20-23-29(27(32)33,35-25-22-19-16-13-10-7-3)28(4,26(30)31)34-24-21-18-15-12-9-6-2;;/h5-25H2,1-4H3,(H,30,31)(H,32,33);2*1H3. The largest absolute Gasteiger partial charge is 0.479 e. The van der Waals surface area contributed by atoms with Gasteiger partial charge in [-0.2, -0.15) is 0 Å². The van der Waals surface area contributed by atoms with E-state index in [2.05, 4.69) is 20.8 Å². The summed E-state index contributed by atoms with van der Waals surface area (Å²) >= 11 is 0. The zero-order chi connectivity index (χ0) is 26.4. The molecule has 0 aromatic carbocycles. The van der Waals surface area contributed by atoms with Crippen molar-refractivity contribution in [3.63, 3.8) is 0 Å². The van der Waals surface area contributed by atoms with Crippen LogP contribution in [0.15, 0.2) is 0 Å². The SMILES string of the molecule is CCCCCCCCOC(C)(C(=O)O)C(CCCCCCCC)(OCCCCCCCC)C(=O)O.N.N. The predicted octanol–water partition coefficient (Wildman–Crippen LogP) is 8.48. The van der Waals surface area contributed by atoms with Crippen molar-refractivity contribution >= 4 is 11.9 Å². The molecule has 0 saturated heterocycles. The Labute approximate surface area is 227 Å². The first-order chi connectivity index (χ1) is 16.8. The topological polar surface area (TPSA) is 163 Å². The molecule has 0 bridgehead atoms. The molecule has 0 saturated carbocycles. The number of ether oxygens (including phenoxy) is 2. The Kier molecular flexibility index (Phi) is 27.3. The zero-order valence-electron chi connectivity index (χ0n) is 24.8. The Morgan fingerprint density at radius 1 is 0.541 bits per heavy atom. The van der Waals surface area contributed by atoms with Gasteiger partial charge in [-0.15, -0.1) is 0 Å². The van der Waals surface area contributed by atoms with Gasteiger partial charge in [0.05, 0.1) is 0 Å². The molecule has 0 aliphatic heterocycles. The van der Waals surface area contributed by atoms with Crippen LogP contribution in [-0.4, -0.2) is 46.6 Å². The Morgan fingerprint density at radius 3 is 1.27 bits per heavy atom. The van der Waals surface area contributed by atoms with Crippen LogP contribution in [0.25, 0.3) is 0 Å². The number of hydrogen-bond acceptors (Lipinski definition) is 6. The van der Waals surface area contributed by atoms with Crippen LogP contribution >= 0.6 is 0 Å². The molecule has 2 atom stereocenters. The van der Waals surface area contributed by atoms with Crippen molar-refractivity contribution in [1.82, 2.24) is 12.3 Å². The van der Waals surface area contributed by atoms with Crippen molar-refractivity contribution in [2.45, 2.75) is 161 Å². The lowest BCUT2D eigenvalue weighted by Gasteiger charge is -2.42. The van der Waals surface area contributed by atoms with Gasteiger partial charge in [-0.1, -0.05) is 117 Å². The quantitative estimate of drug-likeness (QED) is 0.0802. The highest BCUT2D eigenvalue weighted by Crippen LogP contribution is 2.37. The maximum absolute atomic E-state index is 12.7. The fourth-order valence-electron chi connectivity index (χ4n) is 4.61. The Hall–Kier alpha value is -1.22. The fraction of sp³-hybridized carbons (Fsp3) is 0.931. The summed E-state index contributed by atoms with van der Waals surface area (Å²) < 4.78 is 12.0. The molecular weight excluding hydrogens is 472 g/mol. The molecule has 0 aromatic rings. The van der Waals surface area contributed by atoms with E-state index in [4.69, 9.17) is 9.47 Å². The van der Waals surface area contributed by atoms with E-state index in [0.717, 1.165) is 83.5 Å². The average Bonchev–Trinajstić information content (AvgIpc) is 2.83. The van der Waals surface area contributed by atoms with Crippen molar-refractivity contribution in [3.05, 3.63) is 0 Å². The highest BCUT2D eigenvalue weighted by atomic mass is 16.6.